The normalized spacial score (nSPS) is 22.6. The molecule has 6 nitrogen and oxygen atoms in total. The average Bonchev–Trinajstić information content (AvgIpc) is 3.26. The minimum atomic E-state index is -0.117. The molecule has 2 aliphatic rings. The number of likely N-dealkylation sites (tertiary alicyclic amines) is 1. The first-order valence-corrected chi connectivity index (χ1v) is 11.0. The molecule has 150 valence electrons. The number of nitrogens with zero attached hydrogens (tertiary/aromatic N) is 3. The van der Waals surface area contributed by atoms with Crippen molar-refractivity contribution in [1.29, 1.82) is 0 Å². The van der Waals surface area contributed by atoms with Crippen LogP contribution in [-0.4, -0.2) is 55.1 Å². The molecule has 1 saturated heterocycles. The summed E-state index contributed by atoms with van der Waals surface area (Å²) in [6.07, 6.45) is 6.97. The van der Waals surface area contributed by atoms with E-state index in [-0.39, 0.29) is 17.8 Å². The first-order chi connectivity index (χ1) is 13.1. The zero-order chi connectivity index (χ0) is 19.2. The number of rotatable bonds is 6. The summed E-state index contributed by atoms with van der Waals surface area (Å²) in [5, 5.41) is 4.64. The summed E-state index contributed by atoms with van der Waals surface area (Å²) >= 11 is 1.90. The van der Waals surface area contributed by atoms with E-state index in [4.69, 9.17) is 14.7 Å². The van der Waals surface area contributed by atoms with Gasteiger partial charge in [-0.3, -0.25) is 9.79 Å². The van der Waals surface area contributed by atoms with Gasteiger partial charge in [-0.1, -0.05) is 6.92 Å². The van der Waals surface area contributed by atoms with Crippen LogP contribution in [0.25, 0.3) is 0 Å². The number of ether oxygens (including phenoxy) is 1. The zero-order valence-electron chi connectivity index (χ0n) is 16.8. The molecule has 1 aromatic heterocycles. The van der Waals surface area contributed by atoms with Crippen molar-refractivity contribution in [2.75, 3.05) is 33.3 Å². The average molecular weight is 393 g/mol. The highest BCUT2D eigenvalue weighted by Gasteiger charge is 2.36. The quantitative estimate of drug-likeness (QED) is 0.349. The lowest BCUT2D eigenvalue weighted by Gasteiger charge is -2.21. The number of aryl methyl sites for hydroxylation is 3. The van der Waals surface area contributed by atoms with Gasteiger partial charge in [0.15, 0.2) is 5.96 Å². The fourth-order valence-corrected chi connectivity index (χ4v) is 5.15. The second-order valence-corrected chi connectivity index (χ2v) is 8.70. The molecule has 0 saturated carbocycles. The maximum atomic E-state index is 11.9. The van der Waals surface area contributed by atoms with Gasteiger partial charge in [0.25, 0.3) is 0 Å². The molecule has 2 unspecified atom stereocenters. The largest absolute Gasteiger partial charge is 0.469 e. The van der Waals surface area contributed by atoms with Crippen LogP contribution in [0.15, 0.2) is 4.99 Å². The smallest absolute Gasteiger partial charge is 0.310 e. The third-order valence-corrected chi connectivity index (χ3v) is 6.67. The van der Waals surface area contributed by atoms with Crippen LogP contribution in [0.3, 0.4) is 0 Å². The van der Waals surface area contributed by atoms with E-state index in [9.17, 15) is 4.79 Å². The molecule has 27 heavy (non-hydrogen) atoms. The molecule has 1 aliphatic carbocycles. The molecule has 0 spiro atoms. The number of carbonyl (C=O) groups is 1. The molecule has 0 radical (unpaired) electrons. The van der Waals surface area contributed by atoms with E-state index < -0.39 is 0 Å². The van der Waals surface area contributed by atoms with Crippen LogP contribution in [0.1, 0.15) is 48.7 Å². The third kappa shape index (κ3) is 5.00. The van der Waals surface area contributed by atoms with Crippen molar-refractivity contribution in [3.8, 4) is 0 Å². The van der Waals surface area contributed by atoms with Crippen LogP contribution in [0.4, 0.5) is 0 Å². The molecule has 1 fully saturated rings. The van der Waals surface area contributed by atoms with Crippen molar-refractivity contribution >= 4 is 23.3 Å². The molecule has 1 aromatic rings. The van der Waals surface area contributed by atoms with Gasteiger partial charge in [-0.15, -0.1) is 11.3 Å². The number of esters is 1. The molecular formula is C20H32N4O2S. The summed E-state index contributed by atoms with van der Waals surface area (Å²) < 4.78 is 4.94. The van der Waals surface area contributed by atoms with Crippen LogP contribution in [0.5, 0.6) is 0 Å². The fourth-order valence-electron chi connectivity index (χ4n) is 3.95. The lowest BCUT2D eigenvalue weighted by molar-refractivity contribution is -0.145. The SMILES string of the molecule is CCNC(=NCCCc1nc2c(s1)CCCC2)N1CC(C)C(C(=O)OC)C1. The second-order valence-electron chi connectivity index (χ2n) is 7.54. The molecule has 2 heterocycles. The van der Waals surface area contributed by atoms with E-state index in [1.54, 1.807) is 0 Å². The van der Waals surface area contributed by atoms with Crippen molar-refractivity contribution in [3.63, 3.8) is 0 Å². The summed E-state index contributed by atoms with van der Waals surface area (Å²) in [6.45, 7) is 7.30. The Bertz CT molecular complexity index is 649. The van der Waals surface area contributed by atoms with Gasteiger partial charge in [0, 0.05) is 37.5 Å². The molecule has 3 rings (SSSR count). The number of aliphatic imine (C=N–C) groups is 1. The van der Waals surface area contributed by atoms with Gasteiger partial charge in [-0.2, -0.15) is 0 Å². The number of thiazole rings is 1. The van der Waals surface area contributed by atoms with E-state index in [2.05, 4.69) is 24.1 Å². The number of carbonyl (C=O) groups excluding carboxylic acids is 1. The molecule has 7 heteroatoms. The van der Waals surface area contributed by atoms with E-state index in [0.717, 1.165) is 44.9 Å². The van der Waals surface area contributed by atoms with Crippen LogP contribution < -0.4 is 5.32 Å². The molecule has 0 amide bonds. The second kappa shape index (κ2) is 9.53. The Morgan fingerprint density at radius 1 is 1.37 bits per heavy atom. The number of methoxy groups -OCH3 is 1. The first kappa shape index (κ1) is 20.1. The maximum Gasteiger partial charge on any atom is 0.310 e. The first-order valence-electron chi connectivity index (χ1n) is 10.2. The highest BCUT2D eigenvalue weighted by molar-refractivity contribution is 7.11. The predicted molar refractivity (Wildman–Crippen MR) is 109 cm³/mol. The number of aromatic nitrogens is 1. The van der Waals surface area contributed by atoms with Gasteiger partial charge in [0.05, 0.1) is 23.7 Å². The molecule has 0 aromatic carbocycles. The summed E-state index contributed by atoms with van der Waals surface area (Å²) in [5.41, 5.74) is 1.35. The van der Waals surface area contributed by atoms with Crippen molar-refractivity contribution < 1.29 is 9.53 Å². The number of hydrogen-bond acceptors (Lipinski definition) is 5. The lowest BCUT2D eigenvalue weighted by atomic mass is 9.99. The summed E-state index contributed by atoms with van der Waals surface area (Å²) in [4.78, 5) is 25.3. The van der Waals surface area contributed by atoms with Gasteiger partial charge in [0.1, 0.15) is 0 Å². The van der Waals surface area contributed by atoms with Gasteiger partial charge in [0.2, 0.25) is 0 Å². The van der Waals surface area contributed by atoms with Gasteiger partial charge in [-0.05, 0) is 44.9 Å². The van der Waals surface area contributed by atoms with Gasteiger partial charge >= 0.3 is 5.97 Å². The van der Waals surface area contributed by atoms with Crippen LogP contribution >= 0.6 is 11.3 Å². The van der Waals surface area contributed by atoms with Crippen LogP contribution in [0, 0.1) is 11.8 Å². The van der Waals surface area contributed by atoms with E-state index in [1.807, 2.05) is 11.3 Å². The van der Waals surface area contributed by atoms with Crippen molar-refractivity contribution in [3.05, 3.63) is 15.6 Å². The topological polar surface area (TPSA) is 66.8 Å². The fraction of sp³-hybridized carbons (Fsp3) is 0.750. The summed E-state index contributed by atoms with van der Waals surface area (Å²) in [5.74, 6) is 1.01. The highest BCUT2D eigenvalue weighted by atomic mass is 32.1. The van der Waals surface area contributed by atoms with Crippen LogP contribution in [0.2, 0.25) is 0 Å². The zero-order valence-corrected chi connectivity index (χ0v) is 17.6. The van der Waals surface area contributed by atoms with E-state index in [1.165, 1.54) is 42.0 Å². The van der Waals surface area contributed by atoms with E-state index in [0.29, 0.717) is 6.54 Å². The predicted octanol–water partition coefficient (Wildman–Crippen LogP) is 2.66. The van der Waals surface area contributed by atoms with Crippen molar-refractivity contribution in [2.24, 2.45) is 16.8 Å². The van der Waals surface area contributed by atoms with E-state index >= 15 is 0 Å². The summed E-state index contributed by atoms with van der Waals surface area (Å²) in [7, 11) is 1.47. The number of guanidine groups is 1. The van der Waals surface area contributed by atoms with Gasteiger partial charge < -0.3 is 15.0 Å². The Hall–Kier alpha value is -1.63. The standard InChI is InChI=1S/C20H32N4O2S/c1-4-21-20(24-12-14(2)15(13-24)19(25)26-3)22-11-7-10-18-23-16-8-5-6-9-17(16)27-18/h14-15H,4-13H2,1-3H3,(H,21,22). The lowest BCUT2D eigenvalue weighted by Crippen LogP contribution is -2.40. The number of nitrogens with one attached hydrogen (secondary N) is 1. The van der Waals surface area contributed by atoms with Crippen molar-refractivity contribution in [2.45, 2.75) is 52.4 Å². The molecule has 1 aliphatic heterocycles. The molecule has 1 N–H and O–H groups in total. The number of hydrogen-bond donors (Lipinski definition) is 1. The molecular weight excluding hydrogens is 360 g/mol. The minimum Gasteiger partial charge on any atom is -0.469 e. The molecule has 0 bridgehead atoms. The minimum absolute atomic E-state index is 0.0690. The van der Waals surface area contributed by atoms with Gasteiger partial charge in [-0.25, -0.2) is 4.98 Å². The highest BCUT2D eigenvalue weighted by Crippen LogP contribution is 2.27. The third-order valence-electron chi connectivity index (χ3n) is 5.45. The Kier molecular flexibility index (Phi) is 7.10. The maximum absolute atomic E-state index is 11.9. The monoisotopic (exact) mass is 392 g/mol. The number of fused-ring (bicyclic) bond motifs is 1. The van der Waals surface area contributed by atoms with Crippen LogP contribution in [-0.2, 0) is 28.8 Å². The molecule has 2 atom stereocenters. The Labute approximate surface area is 166 Å². The Morgan fingerprint density at radius 3 is 2.93 bits per heavy atom. The van der Waals surface area contributed by atoms with Crippen molar-refractivity contribution in [1.82, 2.24) is 15.2 Å². The Morgan fingerprint density at radius 2 is 2.19 bits per heavy atom. The summed E-state index contributed by atoms with van der Waals surface area (Å²) in [6, 6.07) is 0. The Balaban J connectivity index is 1.53.